The lowest BCUT2D eigenvalue weighted by Crippen LogP contribution is -2.44. The van der Waals surface area contributed by atoms with Gasteiger partial charge in [-0.2, -0.15) is 17.0 Å². The van der Waals surface area contributed by atoms with Gasteiger partial charge in [0, 0.05) is 51.7 Å². The van der Waals surface area contributed by atoms with Gasteiger partial charge >= 0.3 is 0 Å². The summed E-state index contributed by atoms with van der Waals surface area (Å²) >= 11 is 0. The lowest BCUT2D eigenvalue weighted by molar-refractivity contribution is 0.300. The number of piperidine rings is 1. The molecule has 0 amide bonds. The van der Waals surface area contributed by atoms with Crippen LogP contribution in [0.15, 0.2) is 24.8 Å². The lowest BCUT2D eigenvalue weighted by Gasteiger charge is -2.32. The summed E-state index contributed by atoms with van der Waals surface area (Å²) in [5.74, 6) is 0.901. The fourth-order valence-electron chi connectivity index (χ4n) is 2.71. The predicted molar refractivity (Wildman–Crippen MR) is 85.8 cm³/mol. The van der Waals surface area contributed by atoms with Crippen molar-refractivity contribution in [1.82, 2.24) is 28.5 Å². The molecule has 3 rings (SSSR count). The SMILES string of the molecule is CN(C)S(=O)(=O)N1CCC(c2cncc(-c3ncc[nH]3)n2)CC1. The number of nitrogens with zero attached hydrogens (tertiary/aromatic N) is 5. The molecule has 1 N–H and O–H groups in total. The summed E-state index contributed by atoms with van der Waals surface area (Å²) < 4.78 is 27.1. The van der Waals surface area contributed by atoms with Gasteiger partial charge in [0.2, 0.25) is 0 Å². The van der Waals surface area contributed by atoms with E-state index in [0.29, 0.717) is 24.6 Å². The maximum absolute atomic E-state index is 12.1. The van der Waals surface area contributed by atoms with Crippen molar-refractivity contribution < 1.29 is 8.42 Å². The van der Waals surface area contributed by atoms with Gasteiger partial charge in [0.1, 0.15) is 5.69 Å². The van der Waals surface area contributed by atoms with Crippen LogP contribution in [0.25, 0.3) is 11.5 Å². The molecule has 0 spiro atoms. The van der Waals surface area contributed by atoms with Crippen molar-refractivity contribution in [1.29, 1.82) is 0 Å². The molecule has 23 heavy (non-hydrogen) atoms. The number of rotatable bonds is 4. The Morgan fingerprint density at radius 1 is 1.26 bits per heavy atom. The van der Waals surface area contributed by atoms with E-state index in [9.17, 15) is 8.42 Å². The van der Waals surface area contributed by atoms with Crippen LogP contribution in [-0.2, 0) is 10.2 Å². The fraction of sp³-hybridized carbons (Fsp3) is 0.500. The Balaban J connectivity index is 1.72. The second-order valence-corrected chi connectivity index (χ2v) is 7.87. The molecule has 9 heteroatoms. The van der Waals surface area contributed by atoms with E-state index in [4.69, 9.17) is 0 Å². The minimum atomic E-state index is -3.33. The van der Waals surface area contributed by atoms with Gasteiger partial charge in [-0.3, -0.25) is 4.98 Å². The Hall–Kier alpha value is -1.84. The van der Waals surface area contributed by atoms with Crippen LogP contribution in [0.2, 0.25) is 0 Å². The van der Waals surface area contributed by atoms with Crippen LogP contribution in [0.4, 0.5) is 0 Å². The number of aromatic nitrogens is 4. The molecule has 0 saturated carbocycles. The van der Waals surface area contributed by atoms with Crippen LogP contribution in [-0.4, -0.2) is 64.1 Å². The molecule has 0 radical (unpaired) electrons. The van der Waals surface area contributed by atoms with Gasteiger partial charge < -0.3 is 4.98 Å². The van der Waals surface area contributed by atoms with Crippen molar-refractivity contribution in [3.8, 4) is 11.5 Å². The minimum absolute atomic E-state index is 0.214. The molecule has 1 aliphatic heterocycles. The average molecular weight is 336 g/mol. The molecule has 0 bridgehead atoms. The van der Waals surface area contributed by atoms with Gasteiger partial charge in [-0.05, 0) is 12.8 Å². The first-order chi connectivity index (χ1) is 11.0. The quantitative estimate of drug-likeness (QED) is 0.893. The zero-order chi connectivity index (χ0) is 16.4. The van der Waals surface area contributed by atoms with E-state index in [-0.39, 0.29) is 5.92 Å². The molecule has 2 aromatic heterocycles. The number of hydrogen-bond acceptors (Lipinski definition) is 5. The average Bonchev–Trinajstić information content (AvgIpc) is 3.09. The fourth-order valence-corrected chi connectivity index (χ4v) is 3.84. The molecule has 3 heterocycles. The van der Waals surface area contributed by atoms with Gasteiger partial charge in [0.25, 0.3) is 10.2 Å². The van der Waals surface area contributed by atoms with Gasteiger partial charge in [0.15, 0.2) is 5.82 Å². The summed E-state index contributed by atoms with van der Waals surface area (Å²) in [6.45, 7) is 0.996. The summed E-state index contributed by atoms with van der Waals surface area (Å²) in [6, 6.07) is 0. The highest BCUT2D eigenvalue weighted by Gasteiger charge is 2.30. The van der Waals surface area contributed by atoms with Crippen LogP contribution in [0.3, 0.4) is 0 Å². The monoisotopic (exact) mass is 336 g/mol. The van der Waals surface area contributed by atoms with Crippen LogP contribution in [0.5, 0.6) is 0 Å². The Labute approximate surface area is 135 Å². The van der Waals surface area contributed by atoms with Crippen LogP contribution < -0.4 is 0 Å². The molecule has 0 unspecified atom stereocenters. The van der Waals surface area contributed by atoms with Crippen LogP contribution in [0, 0.1) is 0 Å². The number of nitrogens with one attached hydrogen (secondary N) is 1. The topological polar surface area (TPSA) is 95.1 Å². The largest absolute Gasteiger partial charge is 0.343 e. The molecule has 1 saturated heterocycles. The predicted octanol–water partition coefficient (Wildman–Crippen LogP) is 0.853. The first kappa shape index (κ1) is 16.0. The smallest absolute Gasteiger partial charge is 0.281 e. The molecule has 0 atom stereocenters. The third-order valence-electron chi connectivity index (χ3n) is 4.05. The van der Waals surface area contributed by atoms with Crippen molar-refractivity contribution in [2.24, 2.45) is 0 Å². The van der Waals surface area contributed by atoms with E-state index in [0.717, 1.165) is 18.5 Å². The third kappa shape index (κ3) is 3.26. The molecule has 0 aromatic carbocycles. The van der Waals surface area contributed by atoms with E-state index in [2.05, 4.69) is 19.9 Å². The normalized spacial score (nSPS) is 17.7. The number of hydrogen-bond donors (Lipinski definition) is 1. The molecule has 2 aromatic rings. The molecule has 0 aliphatic carbocycles. The van der Waals surface area contributed by atoms with Crippen LogP contribution in [0.1, 0.15) is 24.5 Å². The second-order valence-electron chi connectivity index (χ2n) is 5.73. The van der Waals surface area contributed by atoms with Crippen molar-refractivity contribution in [2.75, 3.05) is 27.2 Å². The Bertz CT molecular complexity index is 751. The standard InChI is InChI=1S/C14H20N6O2S/c1-19(2)23(21,22)20-7-3-11(4-8-20)12-9-15-10-13(18-12)14-16-5-6-17-14/h5-6,9-11H,3-4,7-8H2,1-2H3,(H,16,17). The Kier molecular flexibility index (Phi) is 4.42. The Morgan fingerprint density at radius 3 is 2.61 bits per heavy atom. The highest BCUT2D eigenvalue weighted by Crippen LogP contribution is 2.28. The second kappa shape index (κ2) is 6.34. The summed E-state index contributed by atoms with van der Waals surface area (Å²) in [5, 5.41) is 0. The summed E-state index contributed by atoms with van der Waals surface area (Å²) in [6.07, 6.45) is 8.33. The molecular weight excluding hydrogens is 316 g/mol. The number of H-pyrrole nitrogens is 1. The van der Waals surface area contributed by atoms with Crippen molar-refractivity contribution >= 4 is 10.2 Å². The van der Waals surface area contributed by atoms with Gasteiger partial charge in [-0.15, -0.1) is 0 Å². The molecule has 1 fully saturated rings. The van der Waals surface area contributed by atoms with E-state index in [1.54, 1.807) is 38.9 Å². The Morgan fingerprint density at radius 2 is 2.00 bits per heavy atom. The first-order valence-electron chi connectivity index (χ1n) is 7.48. The van der Waals surface area contributed by atoms with Crippen molar-refractivity contribution in [2.45, 2.75) is 18.8 Å². The minimum Gasteiger partial charge on any atom is -0.343 e. The highest BCUT2D eigenvalue weighted by molar-refractivity contribution is 7.86. The molecular formula is C14H20N6O2S. The summed E-state index contributed by atoms with van der Waals surface area (Å²) in [5.41, 5.74) is 1.59. The summed E-state index contributed by atoms with van der Waals surface area (Å²) in [4.78, 5) is 16.1. The number of imidazole rings is 1. The van der Waals surface area contributed by atoms with Crippen molar-refractivity contribution in [3.05, 3.63) is 30.5 Å². The maximum atomic E-state index is 12.1. The molecule has 124 valence electrons. The lowest BCUT2D eigenvalue weighted by atomic mass is 9.95. The highest BCUT2D eigenvalue weighted by atomic mass is 32.2. The number of aromatic amines is 1. The molecule has 1 aliphatic rings. The van der Waals surface area contributed by atoms with E-state index < -0.39 is 10.2 Å². The van der Waals surface area contributed by atoms with E-state index in [1.807, 2.05) is 0 Å². The van der Waals surface area contributed by atoms with Crippen LogP contribution >= 0.6 is 0 Å². The summed E-state index contributed by atoms with van der Waals surface area (Å²) in [7, 11) is -0.223. The van der Waals surface area contributed by atoms with Gasteiger partial charge in [0.05, 0.1) is 11.9 Å². The van der Waals surface area contributed by atoms with Crippen molar-refractivity contribution in [3.63, 3.8) is 0 Å². The van der Waals surface area contributed by atoms with E-state index >= 15 is 0 Å². The molecule has 8 nitrogen and oxygen atoms in total. The third-order valence-corrected chi connectivity index (χ3v) is 5.99. The zero-order valence-corrected chi connectivity index (χ0v) is 14.0. The van der Waals surface area contributed by atoms with E-state index in [1.165, 1.54) is 8.61 Å². The van der Waals surface area contributed by atoms with Gasteiger partial charge in [-0.25, -0.2) is 9.97 Å². The zero-order valence-electron chi connectivity index (χ0n) is 13.2. The van der Waals surface area contributed by atoms with Gasteiger partial charge in [-0.1, -0.05) is 0 Å². The first-order valence-corrected chi connectivity index (χ1v) is 8.87. The maximum Gasteiger partial charge on any atom is 0.281 e.